The number of rotatable bonds is 6. The van der Waals surface area contributed by atoms with E-state index in [4.69, 9.17) is 5.11 Å². The Morgan fingerprint density at radius 2 is 2.17 bits per heavy atom. The van der Waals surface area contributed by atoms with E-state index >= 15 is 0 Å². The number of carboxylic acid groups (broad SMARTS) is 1. The lowest BCUT2D eigenvalue weighted by atomic mass is 10.3. The van der Waals surface area contributed by atoms with Gasteiger partial charge in [0.25, 0.3) is 10.0 Å². The van der Waals surface area contributed by atoms with Crippen LogP contribution in [0.2, 0.25) is 0 Å². The Balaban J connectivity index is 3.01. The van der Waals surface area contributed by atoms with Crippen LogP contribution >= 0.6 is 0 Å². The highest BCUT2D eigenvalue weighted by Crippen LogP contribution is 2.16. The number of nitrogens with one attached hydrogen (secondary N) is 1. The number of sulfonamides is 1. The zero-order chi connectivity index (χ0) is 13.9. The average molecular weight is 275 g/mol. The third-order valence-corrected chi connectivity index (χ3v) is 4.37. The minimum Gasteiger partial charge on any atom is -0.481 e. The Morgan fingerprint density at radius 3 is 2.56 bits per heavy atom. The molecular formula is C10H17N3O4S. The maximum atomic E-state index is 12.3. The van der Waals surface area contributed by atoms with Gasteiger partial charge in [-0.2, -0.15) is 4.31 Å². The lowest BCUT2D eigenvalue weighted by Gasteiger charge is -2.24. The highest BCUT2D eigenvalue weighted by atomic mass is 32.2. The first-order valence-electron chi connectivity index (χ1n) is 5.50. The van der Waals surface area contributed by atoms with E-state index in [0.29, 0.717) is 5.82 Å². The molecule has 1 heterocycles. The molecule has 0 saturated carbocycles. The zero-order valence-electron chi connectivity index (χ0n) is 10.5. The fourth-order valence-electron chi connectivity index (χ4n) is 1.52. The van der Waals surface area contributed by atoms with Crippen LogP contribution < -0.4 is 0 Å². The van der Waals surface area contributed by atoms with Crippen LogP contribution in [0.5, 0.6) is 0 Å². The Labute approximate surface area is 106 Å². The molecule has 0 radical (unpaired) electrons. The van der Waals surface area contributed by atoms with Gasteiger partial charge in [0.1, 0.15) is 5.82 Å². The molecule has 0 unspecified atom stereocenters. The number of H-pyrrole nitrogens is 1. The van der Waals surface area contributed by atoms with Gasteiger partial charge in [-0.05, 0) is 20.8 Å². The smallest absolute Gasteiger partial charge is 0.304 e. The number of aliphatic carboxylic acids is 1. The van der Waals surface area contributed by atoms with Crippen LogP contribution in [0, 0.1) is 6.92 Å². The molecule has 0 aliphatic heterocycles. The molecule has 0 aromatic carbocycles. The van der Waals surface area contributed by atoms with Gasteiger partial charge in [-0.3, -0.25) is 4.79 Å². The van der Waals surface area contributed by atoms with Gasteiger partial charge < -0.3 is 10.1 Å². The largest absolute Gasteiger partial charge is 0.481 e. The molecule has 0 spiro atoms. The molecular weight excluding hydrogens is 258 g/mol. The molecule has 2 N–H and O–H groups in total. The van der Waals surface area contributed by atoms with E-state index in [0.717, 1.165) is 4.31 Å². The van der Waals surface area contributed by atoms with Gasteiger partial charge in [-0.1, -0.05) is 0 Å². The average Bonchev–Trinajstić information content (AvgIpc) is 2.64. The molecule has 0 saturated heterocycles. The Hall–Kier alpha value is -1.41. The normalized spacial score (nSPS) is 12.3. The maximum absolute atomic E-state index is 12.3. The van der Waals surface area contributed by atoms with Crippen LogP contribution in [0.25, 0.3) is 0 Å². The lowest BCUT2D eigenvalue weighted by molar-refractivity contribution is -0.137. The number of aromatic nitrogens is 2. The molecule has 1 aromatic heterocycles. The molecule has 8 heteroatoms. The van der Waals surface area contributed by atoms with Gasteiger partial charge in [0.2, 0.25) is 0 Å². The first-order chi connectivity index (χ1) is 8.25. The van der Waals surface area contributed by atoms with Crippen LogP contribution in [-0.4, -0.2) is 46.4 Å². The van der Waals surface area contributed by atoms with E-state index in [1.165, 1.54) is 6.20 Å². The predicted molar refractivity (Wildman–Crippen MR) is 64.6 cm³/mol. The number of carbonyl (C=O) groups is 1. The SMILES string of the molecule is Cc1ncc(S(=O)(=O)N(CCC(=O)O)C(C)C)[nH]1. The molecule has 1 aromatic rings. The standard InChI is InChI=1S/C10H17N3O4S/c1-7(2)13(5-4-10(14)15)18(16,17)9-6-11-8(3)12-9/h6-7H,4-5H2,1-3H3,(H,11,12)(H,14,15). The fourth-order valence-corrected chi connectivity index (χ4v) is 3.12. The second-order valence-corrected chi connectivity index (χ2v) is 6.05. The molecule has 102 valence electrons. The summed E-state index contributed by atoms with van der Waals surface area (Å²) in [6.45, 7) is 4.98. The summed E-state index contributed by atoms with van der Waals surface area (Å²) in [6.07, 6.45) is 1.01. The Morgan fingerprint density at radius 1 is 1.56 bits per heavy atom. The highest BCUT2D eigenvalue weighted by molar-refractivity contribution is 7.89. The third kappa shape index (κ3) is 3.30. The van der Waals surface area contributed by atoms with Gasteiger partial charge >= 0.3 is 5.97 Å². The zero-order valence-corrected chi connectivity index (χ0v) is 11.4. The van der Waals surface area contributed by atoms with E-state index in [-0.39, 0.29) is 24.0 Å². The molecule has 0 fully saturated rings. The van der Waals surface area contributed by atoms with Crippen LogP contribution in [0.1, 0.15) is 26.1 Å². The van der Waals surface area contributed by atoms with E-state index < -0.39 is 16.0 Å². The van der Waals surface area contributed by atoms with Crippen LogP contribution in [0.4, 0.5) is 0 Å². The van der Waals surface area contributed by atoms with Crippen molar-refractivity contribution in [3.63, 3.8) is 0 Å². The summed E-state index contributed by atoms with van der Waals surface area (Å²) in [7, 11) is -3.72. The lowest BCUT2D eigenvalue weighted by Crippen LogP contribution is -2.38. The van der Waals surface area contributed by atoms with Crippen molar-refractivity contribution in [2.24, 2.45) is 0 Å². The third-order valence-electron chi connectivity index (χ3n) is 2.39. The molecule has 0 aliphatic rings. The van der Waals surface area contributed by atoms with Crippen molar-refractivity contribution >= 4 is 16.0 Å². The van der Waals surface area contributed by atoms with Crippen molar-refractivity contribution in [1.29, 1.82) is 0 Å². The number of imidazole rings is 1. The number of hydrogen-bond acceptors (Lipinski definition) is 4. The van der Waals surface area contributed by atoms with Crippen molar-refractivity contribution in [3.05, 3.63) is 12.0 Å². The number of aromatic amines is 1. The Kier molecular flexibility index (Phi) is 4.47. The second-order valence-electron chi connectivity index (χ2n) is 4.19. The summed E-state index contributed by atoms with van der Waals surface area (Å²) >= 11 is 0. The summed E-state index contributed by atoms with van der Waals surface area (Å²) in [5, 5.41) is 8.63. The van der Waals surface area contributed by atoms with E-state index in [1.807, 2.05) is 0 Å². The summed E-state index contributed by atoms with van der Waals surface area (Å²) < 4.78 is 25.7. The minimum atomic E-state index is -3.72. The van der Waals surface area contributed by atoms with E-state index in [2.05, 4.69) is 9.97 Å². The summed E-state index contributed by atoms with van der Waals surface area (Å²) in [4.78, 5) is 17.0. The first-order valence-corrected chi connectivity index (χ1v) is 6.94. The monoisotopic (exact) mass is 275 g/mol. The predicted octanol–water partition coefficient (Wildman–Crippen LogP) is 0.592. The van der Waals surface area contributed by atoms with Crippen molar-refractivity contribution in [2.45, 2.75) is 38.3 Å². The summed E-state index contributed by atoms with van der Waals surface area (Å²) in [5.41, 5.74) is 0. The minimum absolute atomic E-state index is 0.0147. The molecule has 1 rings (SSSR count). The fraction of sp³-hybridized carbons (Fsp3) is 0.600. The van der Waals surface area contributed by atoms with Crippen molar-refractivity contribution in [3.8, 4) is 0 Å². The summed E-state index contributed by atoms with van der Waals surface area (Å²) in [6, 6.07) is -0.321. The molecule has 0 bridgehead atoms. The molecule has 0 aliphatic carbocycles. The molecule has 0 amide bonds. The van der Waals surface area contributed by atoms with Crippen LogP contribution in [0.15, 0.2) is 11.2 Å². The summed E-state index contributed by atoms with van der Waals surface area (Å²) in [5.74, 6) is -0.535. The number of hydrogen-bond donors (Lipinski definition) is 2. The molecule has 7 nitrogen and oxygen atoms in total. The second kappa shape index (κ2) is 5.49. The van der Waals surface area contributed by atoms with Crippen LogP contribution in [0.3, 0.4) is 0 Å². The van der Waals surface area contributed by atoms with Gasteiger partial charge in [0, 0.05) is 12.6 Å². The van der Waals surface area contributed by atoms with Crippen molar-refractivity contribution in [1.82, 2.24) is 14.3 Å². The van der Waals surface area contributed by atoms with Crippen LogP contribution in [-0.2, 0) is 14.8 Å². The van der Waals surface area contributed by atoms with E-state index in [9.17, 15) is 13.2 Å². The topological polar surface area (TPSA) is 103 Å². The number of nitrogens with zero attached hydrogens (tertiary/aromatic N) is 2. The maximum Gasteiger partial charge on any atom is 0.304 e. The Bertz CT molecular complexity index is 521. The van der Waals surface area contributed by atoms with Gasteiger partial charge in [0.15, 0.2) is 5.03 Å². The van der Waals surface area contributed by atoms with Gasteiger partial charge in [-0.15, -0.1) is 0 Å². The quantitative estimate of drug-likeness (QED) is 0.791. The first kappa shape index (κ1) is 14.7. The van der Waals surface area contributed by atoms with Gasteiger partial charge in [0.05, 0.1) is 12.6 Å². The number of aryl methyl sites for hydroxylation is 1. The van der Waals surface area contributed by atoms with Crippen molar-refractivity contribution in [2.75, 3.05) is 6.54 Å². The highest BCUT2D eigenvalue weighted by Gasteiger charge is 2.28. The molecule has 0 atom stereocenters. The van der Waals surface area contributed by atoms with Gasteiger partial charge in [-0.25, -0.2) is 13.4 Å². The van der Waals surface area contributed by atoms with E-state index in [1.54, 1.807) is 20.8 Å². The van der Waals surface area contributed by atoms with Crippen molar-refractivity contribution < 1.29 is 18.3 Å². The molecule has 18 heavy (non-hydrogen) atoms. The number of carboxylic acids is 1.